The summed E-state index contributed by atoms with van der Waals surface area (Å²) in [5, 5.41) is 15.9. The summed E-state index contributed by atoms with van der Waals surface area (Å²) in [5.41, 5.74) is 2.85. The normalized spacial score (nSPS) is 11.3. The van der Waals surface area contributed by atoms with Crippen LogP contribution in [0.2, 0.25) is 0 Å². The molecule has 40 heavy (non-hydrogen) atoms. The van der Waals surface area contributed by atoms with Crippen molar-refractivity contribution < 1.29 is 14.5 Å². The third-order valence-corrected chi connectivity index (χ3v) is 6.00. The van der Waals surface area contributed by atoms with Crippen LogP contribution in [0.3, 0.4) is 0 Å². The van der Waals surface area contributed by atoms with Crippen LogP contribution < -0.4 is 10.3 Å². The molecule has 0 unspecified atom stereocenters. The first-order valence-electron chi connectivity index (χ1n) is 12.3. The minimum atomic E-state index is -0.683. The first-order valence-corrected chi connectivity index (χ1v) is 12.3. The summed E-state index contributed by atoms with van der Waals surface area (Å²) in [5.74, 6) is -0.0924. The Bertz CT molecular complexity index is 1860. The molecule has 0 fully saturated rings. The summed E-state index contributed by atoms with van der Waals surface area (Å²) in [4.78, 5) is 41.2. The molecule has 0 aliphatic carbocycles. The first kappa shape index (κ1) is 25.9. The second-order valence-corrected chi connectivity index (χ2v) is 8.82. The maximum atomic E-state index is 13.4. The molecular formula is C31H22N4O5. The van der Waals surface area contributed by atoms with Gasteiger partial charge in [-0.2, -0.15) is 9.78 Å². The van der Waals surface area contributed by atoms with Crippen molar-refractivity contribution in [1.82, 2.24) is 9.66 Å². The molecule has 0 N–H and O–H groups in total. The van der Waals surface area contributed by atoms with Gasteiger partial charge in [0.1, 0.15) is 5.75 Å². The molecule has 0 spiro atoms. The van der Waals surface area contributed by atoms with E-state index >= 15 is 0 Å². The molecule has 0 aliphatic heterocycles. The molecule has 5 rings (SSSR count). The third kappa shape index (κ3) is 5.73. The van der Waals surface area contributed by atoms with Crippen LogP contribution in [0.1, 0.15) is 16.7 Å². The lowest BCUT2D eigenvalue weighted by Gasteiger charge is -2.10. The Labute approximate surface area is 228 Å². The van der Waals surface area contributed by atoms with Crippen molar-refractivity contribution in [2.45, 2.75) is 6.92 Å². The molecule has 0 atom stereocenters. The van der Waals surface area contributed by atoms with E-state index < -0.39 is 10.9 Å². The first-order chi connectivity index (χ1) is 19.4. The second kappa shape index (κ2) is 11.4. The zero-order valence-electron chi connectivity index (χ0n) is 21.3. The molecule has 0 radical (unpaired) electrons. The Balaban J connectivity index is 1.46. The highest BCUT2D eigenvalue weighted by Crippen LogP contribution is 2.21. The zero-order valence-corrected chi connectivity index (χ0v) is 21.3. The van der Waals surface area contributed by atoms with Crippen LogP contribution in [0.5, 0.6) is 5.75 Å². The van der Waals surface area contributed by atoms with E-state index in [-0.39, 0.29) is 17.0 Å². The standard InChI is InChI=1S/C31H22N4O5/c1-21-13-16-23(17-14-21)30-33-27-11-4-3-10-26(27)31(37)34(30)32-20-24-8-2-5-12-28(24)40-29(36)18-15-22-7-6-9-25(19-22)35(38)39/h2-20H,1H3/b18-15+,32-20?. The van der Waals surface area contributed by atoms with Gasteiger partial charge < -0.3 is 4.74 Å². The molecule has 0 saturated heterocycles. The van der Waals surface area contributed by atoms with E-state index in [1.54, 1.807) is 48.5 Å². The average molecular weight is 531 g/mol. The number of ether oxygens (including phenoxy) is 1. The molecule has 9 heteroatoms. The molecule has 0 bridgehead atoms. The number of hydrogen-bond acceptors (Lipinski definition) is 7. The van der Waals surface area contributed by atoms with Gasteiger partial charge in [0.05, 0.1) is 22.0 Å². The van der Waals surface area contributed by atoms with Gasteiger partial charge in [-0.1, -0.05) is 66.2 Å². The van der Waals surface area contributed by atoms with Gasteiger partial charge in [0.15, 0.2) is 5.82 Å². The number of nitrogens with zero attached hydrogens (tertiary/aromatic N) is 4. The SMILES string of the molecule is Cc1ccc(-c2nc3ccccc3c(=O)n2N=Cc2ccccc2OC(=O)/C=C/c2cccc([N+](=O)[O-])c2)cc1. The average Bonchev–Trinajstić information content (AvgIpc) is 2.97. The van der Waals surface area contributed by atoms with Crippen molar-refractivity contribution in [3.63, 3.8) is 0 Å². The largest absolute Gasteiger partial charge is 0.423 e. The van der Waals surface area contributed by atoms with Crippen molar-refractivity contribution >= 4 is 34.9 Å². The molecular weight excluding hydrogens is 508 g/mol. The van der Waals surface area contributed by atoms with E-state index in [4.69, 9.17) is 9.72 Å². The van der Waals surface area contributed by atoms with E-state index in [0.29, 0.717) is 27.9 Å². The minimum Gasteiger partial charge on any atom is -0.423 e. The number of fused-ring (bicyclic) bond motifs is 1. The highest BCUT2D eigenvalue weighted by Gasteiger charge is 2.13. The molecule has 0 aliphatic rings. The fourth-order valence-corrected chi connectivity index (χ4v) is 3.97. The van der Waals surface area contributed by atoms with Crippen LogP contribution in [0.4, 0.5) is 5.69 Å². The minimum absolute atomic E-state index is 0.0829. The Morgan fingerprint density at radius 2 is 1.73 bits per heavy atom. The Kier molecular flexibility index (Phi) is 7.36. The predicted molar refractivity (Wildman–Crippen MR) is 153 cm³/mol. The Morgan fingerprint density at radius 3 is 2.52 bits per heavy atom. The van der Waals surface area contributed by atoms with Gasteiger partial charge in [-0.05, 0) is 42.8 Å². The fraction of sp³-hybridized carbons (Fsp3) is 0.0323. The fourth-order valence-electron chi connectivity index (χ4n) is 3.97. The van der Waals surface area contributed by atoms with Crippen molar-refractivity contribution in [1.29, 1.82) is 0 Å². The van der Waals surface area contributed by atoms with E-state index in [9.17, 15) is 19.7 Å². The lowest BCUT2D eigenvalue weighted by Crippen LogP contribution is -2.20. The maximum absolute atomic E-state index is 13.4. The van der Waals surface area contributed by atoms with Crippen molar-refractivity contribution in [2.75, 3.05) is 0 Å². The molecule has 1 heterocycles. The Hall–Kier alpha value is -5.70. The lowest BCUT2D eigenvalue weighted by atomic mass is 10.1. The monoisotopic (exact) mass is 530 g/mol. The lowest BCUT2D eigenvalue weighted by molar-refractivity contribution is -0.384. The highest BCUT2D eigenvalue weighted by molar-refractivity contribution is 5.91. The predicted octanol–water partition coefficient (Wildman–Crippen LogP) is 5.78. The van der Waals surface area contributed by atoms with Gasteiger partial charge in [0.25, 0.3) is 11.2 Å². The van der Waals surface area contributed by atoms with Crippen LogP contribution in [0.25, 0.3) is 28.4 Å². The molecule has 5 aromatic rings. The number of carbonyl (C=O) groups excluding carboxylic acids is 1. The topological polar surface area (TPSA) is 117 Å². The number of nitro groups is 1. The maximum Gasteiger partial charge on any atom is 0.336 e. The number of non-ortho nitro benzene ring substituents is 1. The smallest absolute Gasteiger partial charge is 0.336 e. The van der Waals surface area contributed by atoms with Crippen LogP contribution in [0, 0.1) is 17.0 Å². The van der Waals surface area contributed by atoms with Gasteiger partial charge >= 0.3 is 5.97 Å². The number of rotatable bonds is 7. The second-order valence-electron chi connectivity index (χ2n) is 8.82. The molecule has 0 saturated carbocycles. The van der Waals surface area contributed by atoms with Crippen molar-refractivity contribution in [3.8, 4) is 17.1 Å². The highest BCUT2D eigenvalue weighted by atomic mass is 16.6. The van der Waals surface area contributed by atoms with Crippen molar-refractivity contribution in [2.24, 2.45) is 5.10 Å². The van der Waals surface area contributed by atoms with E-state index in [2.05, 4.69) is 5.10 Å². The number of nitro benzene ring substituents is 1. The van der Waals surface area contributed by atoms with E-state index in [0.717, 1.165) is 11.1 Å². The van der Waals surface area contributed by atoms with Gasteiger partial charge in [-0.3, -0.25) is 14.9 Å². The van der Waals surface area contributed by atoms with Gasteiger partial charge in [-0.25, -0.2) is 9.78 Å². The number of carbonyl (C=O) groups is 1. The Morgan fingerprint density at radius 1 is 0.975 bits per heavy atom. The summed E-state index contributed by atoms with van der Waals surface area (Å²) in [6, 6.07) is 27.3. The summed E-state index contributed by atoms with van der Waals surface area (Å²) in [6.07, 6.45) is 4.04. The van der Waals surface area contributed by atoms with Crippen LogP contribution in [0.15, 0.2) is 113 Å². The van der Waals surface area contributed by atoms with Gasteiger partial charge in [0.2, 0.25) is 0 Å². The van der Waals surface area contributed by atoms with Gasteiger partial charge in [-0.15, -0.1) is 0 Å². The zero-order chi connectivity index (χ0) is 28.1. The van der Waals surface area contributed by atoms with Gasteiger partial charge in [0, 0.05) is 29.3 Å². The molecule has 0 amide bonds. The van der Waals surface area contributed by atoms with E-state index in [1.807, 2.05) is 37.3 Å². The summed E-state index contributed by atoms with van der Waals surface area (Å²) in [6.45, 7) is 1.97. The number of aromatic nitrogens is 2. The number of esters is 1. The number of aryl methyl sites for hydroxylation is 1. The quantitative estimate of drug-likeness (QED) is 0.0657. The molecule has 196 valence electrons. The van der Waals surface area contributed by atoms with E-state index in [1.165, 1.54) is 41.2 Å². The van der Waals surface area contributed by atoms with Crippen LogP contribution >= 0.6 is 0 Å². The van der Waals surface area contributed by atoms with Crippen LogP contribution in [-0.2, 0) is 4.79 Å². The number of hydrogen-bond donors (Lipinski definition) is 0. The molecule has 1 aromatic heterocycles. The summed E-state index contributed by atoms with van der Waals surface area (Å²) < 4.78 is 6.74. The number of para-hydroxylation sites is 2. The molecule has 4 aromatic carbocycles. The number of benzene rings is 4. The molecule has 9 nitrogen and oxygen atoms in total. The summed E-state index contributed by atoms with van der Waals surface area (Å²) >= 11 is 0. The summed E-state index contributed by atoms with van der Waals surface area (Å²) in [7, 11) is 0. The third-order valence-electron chi connectivity index (χ3n) is 6.00. The van der Waals surface area contributed by atoms with Crippen LogP contribution in [-0.4, -0.2) is 26.8 Å². The van der Waals surface area contributed by atoms with Crippen molar-refractivity contribution in [3.05, 3.63) is 140 Å².